The van der Waals surface area contributed by atoms with E-state index in [1.165, 1.54) is 64.7 Å². The molecule has 0 aromatic heterocycles. The quantitative estimate of drug-likeness (QED) is 0.859. The van der Waals surface area contributed by atoms with E-state index in [1.54, 1.807) is 0 Å². The van der Waals surface area contributed by atoms with Crippen molar-refractivity contribution < 1.29 is 4.74 Å². The van der Waals surface area contributed by atoms with Gasteiger partial charge in [0.25, 0.3) is 0 Å². The molecule has 0 amide bonds. The molecule has 0 saturated carbocycles. The monoisotopic (exact) mass is 288 g/mol. The Kier molecular flexibility index (Phi) is 6.40. The van der Waals surface area contributed by atoms with Crippen LogP contribution in [0.15, 0.2) is 0 Å². The zero-order chi connectivity index (χ0) is 12.2. The van der Waals surface area contributed by atoms with Crippen molar-refractivity contribution in [3.8, 4) is 0 Å². The lowest BCUT2D eigenvalue weighted by Crippen LogP contribution is -2.41. The molecule has 2 unspecified atom stereocenters. The normalized spacial score (nSPS) is 33.5. The summed E-state index contributed by atoms with van der Waals surface area (Å²) in [6.45, 7) is 7.24. The summed E-state index contributed by atoms with van der Waals surface area (Å²) in [6, 6.07) is 0.843. The van der Waals surface area contributed by atoms with E-state index in [2.05, 4.69) is 10.2 Å². The highest BCUT2D eigenvalue weighted by atomic mass is 35.5. The van der Waals surface area contributed by atoms with Crippen molar-refractivity contribution in [3.63, 3.8) is 0 Å². The Morgan fingerprint density at radius 1 is 1.11 bits per heavy atom. The van der Waals surface area contributed by atoms with Crippen molar-refractivity contribution in [2.75, 3.05) is 39.4 Å². The summed E-state index contributed by atoms with van der Waals surface area (Å²) < 4.78 is 5.45. The molecule has 112 valence electrons. The van der Waals surface area contributed by atoms with Crippen LogP contribution in [0.5, 0.6) is 0 Å². The second kappa shape index (κ2) is 7.82. The Morgan fingerprint density at radius 2 is 1.95 bits per heavy atom. The van der Waals surface area contributed by atoms with Crippen LogP contribution in [0.2, 0.25) is 0 Å². The maximum absolute atomic E-state index is 5.45. The Labute approximate surface area is 123 Å². The Hall–Kier alpha value is 0.170. The number of hydrogen-bond donors (Lipinski definition) is 1. The fourth-order valence-corrected chi connectivity index (χ4v) is 3.87. The van der Waals surface area contributed by atoms with Crippen LogP contribution in [0.3, 0.4) is 0 Å². The first-order valence-corrected chi connectivity index (χ1v) is 7.95. The van der Waals surface area contributed by atoms with E-state index in [-0.39, 0.29) is 12.4 Å². The first-order valence-electron chi connectivity index (χ1n) is 7.95. The van der Waals surface area contributed by atoms with Crippen LogP contribution in [0.25, 0.3) is 0 Å². The highest BCUT2D eigenvalue weighted by Crippen LogP contribution is 2.26. The van der Waals surface area contributed by atoms with Crippen LogP contribution in [-0.4, -0.2) is 50.3 Å². The minimum atomic E-state index is 0. The number of ether oxygens (including phenoxy) is 1. The Bertz CT molecular complexity index is 245. The van der Waals surface area contributed by atoms with Gasteiger partial charge in [0.2, 0.25) is 0 Å². The molecule has 4 heteroatoms. The van der Waals surface area contributed by atoms with Crippen LogP contribution in [-0.2, 0) is 4.74 Å². The SMILES string of the molecule is C1CNC(C2CCN(CCC3CCOC3)CC2)C1.Cl. The third-order valence-corrected chi connectivity index (χ3v) is 5.18. The van der Waals surface area contributed by atoms with E-state index < -0.39 is 0 Å². The molecule has 3 heterocycles. The molecule has 3 rings (SSSR count). The summed E-state index contributed by atoms with van der Waals surface area (Å²) in [4.78, 5) is 2.68. The number of nitrogens with one attached hydrogen (secondary N) is 1. The van der Waals surface area contributed by atoms with Crippen LogP contribution < -0.4 is 5.32 Å². The van der Waals surface area contributed by atoms with Gasteiger partial charge < -0.3 is 15.0 Å². The molecular weight excluding hydrogens is 260 g/mol. The second-order valence-corrected chi connectivity index (χ2v) is 6.40. The third-order valence-electron chi connectivity index (χ3n) is 5.18. The van der Waals surface area contributed by atoms with Crippen molar-refractivity contribution >= 4 is 12.4 Å². The number of piperidine rings is 1. The molecule has 3 saturated heterocycles. The summed E-state index contributed by atoms with van der Waals surface area (Å²) in [5.41, 5.74) is 0. The van der Waals surface area contributed by atoms with Gasteiger partial charge in [0, 0.05) is 19.3 Å². The average molecular weight is 289 g/mol. The molecular formula is C15H29ClN2O. The van der Waals surface area contributed by atoms with Gasteiger partial charge in [-0.3, -0.25) is 0 Å². The van der Waals surface area contributed by atoms with E-state index in [9.17, 15) is 0 Å². The Morgan fingerprint density at radius 3 is 2.58 bits per heavy atom. The molecule has 0 radical (unpaired) electrons. The molecule has 2 atom stereocenters. The molecule has 1 N–H and O–H groups in total. The fourth-order valence-electron chi connectivity index (χ4n) is 3.87. The smallest absolute Gasteiger partial charge is 0.0495 e. The van der Waals surface area contributed by atoms with Gasteiger partial charge in [-0.2, -0.15) is 0 Å². The van der Waals surface area contributed by atoms with Gasteiger partial charge in [-0.1, -0.05) is 0 Å². The summed E-state index contributed by atoms with van der Waals surface area (Å²) >= 11 is 0. The molecule has 0 aromatic rings. The highest BCUT2D eigenvalue weighted by Gasteiger charge is 2.28. The molecule has 19 heavy (non-hydrogen) atoms. The number of likely N-dealkylation sites (tertiary alicyclic amines) is 1. The molecule has 3 aliphatic heterocycles. The number of rotatable bonds is 4. The van der Waals surface area contributed by atoms with Gasteiger partial charge in [-0.15, -0.1) is 12.4 Å². The lowest BCUT2D eigenvalue weighted by atomic mass is 9.88. The maximum Gasteiger partial charge on any atom is 0.0495 e. The minimum absolute atomic E-state index is 0. The predicted octanol–water partition coefficient (Wildman–Crippen LogP) is 2.30. The fraction of sp³-hybridized carbons (Fsp3) is 1.00. The van der Waals surface area contributed by atoms with E-state index in [1.807, 2.05) is 0 Å². The van der Waals surface area contributed by atoms with Crippen molar-refractivity contribution in [2.24, 2.45) is 11.8 Å². The van der Waals surface area contributed by atoms with Gasteiger partial charge in [0.05, 0.1) is 0 Å². The van der Waals surface area contributed by atoms with Gasteiger partial charge in [0.1, 0.15) is 0 Å². The lowest BCUT2D eigenvalue weighted by Gasteiger charge is -2.35. The number of nitrogens with zero attached hydrogens (tertiary/aromatic N) is 1. The van der Waals surface area contributed by atoms with Crippen LogP contribution in [0.1, 0.15) is 38.5 Å². The van der Waals surface area contributed by atoms with E-state index >= 15 is 0 Å². The zero-order valence-electron chi connectivity index (χ0n) is 12.0. The lowest BCUT2D eigenvalue weighted by molar-refractivity contribution is 0.148. The molecule has 3 fully saturated rings. The maximum atomic E-state index is 5.45. The zero-order valence-corrected chi connectivity index (χ0v) is 12.8. The van der Waals surface area contributed by atoms with Crippen LogP contribution >= 0.6 is 12.4 Å². The van der Waals surface area contributed by atoms with Crippen LogP contribution in [0, 0.1) is 11.8 Å². The summed E-state index contributed by atoms with van der Waals surface area (Å²) in [5, 5.41) is 3.68. The van der Waals surface area contributed by atoms with Crippen molar-refractivity contribution in [3.05, 3.63) is 0 Å². The molecule has 3 aliphatic rings. The molecule has 0 aliphatic carbocycles. The van der Waals surface area contributed by atoms with E-state index in [0.29, 0.717) is 0 Å². The van der Waals surface area contributed by atoms with Crippen molar-refractivity contribution in [1.82, 2.24) is 10.2 Å². The van der Waals surface area contributed by atoms with Crippen LogP contribution in [0.4, 0.5) is 0 Å². The molecule has 0 spiro atoms. The van der Waals surface area contributed by atoms with Gasteiger partial charge >= 0.3 is 0 Å². The highest BCUT2D eigenvalue weighted by molar-refractivity contribution is 5.85. The van der Waals surface area contributed by atoms with E-state index in [4.69, 9.17) is 4.74 Å². The number of hydrogen-bond acceptors (Lipinski definition) is 3. The molecule has 0 bridgehead atoms. The minimum Gasteiger partial charge on any atom is -0.381 e. The van der Waals surface area contributed by atoms with Crippen molar-refractivity contribution in [1.29, 1.82) is 0 Å². The van der Waals surface area contributed by atoms with Gasteiger partial charge in [0.15, 0.2) is 0 Å². The second-order valence-electron chi connectivity index (χ2n) is 6.40. The molecule has 3 nitrogen and oxygen atoms in total. The largest absolute Gasteiger partial charge is 0.381 e. The van der Waals surface area contributed by atoms with Crippen molar-refractivity contribution in [2.45, 2.75) is 44.6 Å². The Balaban J connectivity index is 0.00000133. The van der Waals surface area contributed by atoms with Gasteiger partial charge in [-0.25, -0.2) is 0 Å². The molecule has 0 aromatic carbocycles. The first-order chi connectivity index (χ1) is 8.92. The summed E-state index contributed by atoms with van der Waals surface area (Å²) in [6.07, 6.45) is 8.29. The van der Waals surface area contributed by atoms with E-state index in [0.717, 1.165) is 31.1 Å². The third kappa shape index (κ3) is 4.32. The van der Waals surface area contributed by atoms with Gasteiger partial charge in [-0.05, 0) is 76.5 Å². The topological polar surface area (TPSA) is 24.5 Å². The average Bonchev–Trinajstić information content (AvgIpc) is 3.10. The summed E-state index contributed by atoms with van der Waals surface area (Å²) in [7, 11) is 0. The number of halogens is 1. The first kappa shape index (κ1) is 15.6. The summed E-state index contributed by atoms with van der Waals surface area (Å²) in [5.74, 6) is 1.80. The standard InChI is InChI=1S/C15H28N2O.ClH/c1-2-15(16-7-1)14-4-9-17(10-5-14)8-3-13-6-11-18-12-13;/h13-16H,1-12H2;1H. The predicted molar refractivity (Wildman–Crippen MR) is 81.0 cm³/mol.